The van der Waals surface area contributed by atoms with E-state index in [0.717, 1.165) is 43.0 Å². The highest BCUT2D eigenvalue weighted by atomic mass is 16.5. The van der Waals surface area contributed by atoms with E-state index in [1.165, 1.54) is 5.56 Å². The van der Waals surface area contributed by atoms with Gasteiger partial charge in [-0.15, -0.1) is 0 Å². The molecule has 0 spiro atoms. The second-order valence-electron chi connectivity index (χ2n) is 7.25. The topological polar surface area (TPSA) is 63.7 Å². The van der Waals surface area contributed by atoms with Crippen LogP contribution in [0.15, 0.2) is 54.9 Å². The van der Waals surface area contributed by atoms with Gasteiger partial charge in [0.1, 0.15) is 18.1 Å². The van der Waals surface area contributed by atoms with Gasteiger partial charge in [0.05, 0.1) is 12.2 Å². The van der Waals surface area contributed by atoms with Crippen LogP contribution in [0.1, 0.15) is 17.5 Å². The molecule has 1 aromatic carbocycles. The number of nitrogens with zero attached hydrogens (tertiary/aromatic N) is 2. The molecule has 6 heteroatoms. The Balaban J connectivity index is 1.49. The summed E-state index contributed by atoms with van der Waals surface area (Å²) in [4.78, 5) is 18.4. The zero-order valence-electron chi connectivity index (χ0n) is 16.0. The van der Waals surface area contributed by atoms with Crippen LogP contribution in [-0.4, -0.2) is 54.2 Å². The molecular weight excluding hydrogens is 354 g/mol. The highest BCUT2D eigenvalue weighted by molar-refractivity contribution is 5.71. The molecule has 3 heterocycles. The van der Waals surface area contributed by atoms with Gasteiger partial charge >= 0.3 is 0 Å². The molecule has 1 aromatic heterocycles. The van der Waals surface area contributed by atoms with E-state index in [1.807, 2.05) is 30.3 Å². The van der Waals surface area contributed by atoms with Crippen LogP contribution in [0.2, 0.25) is 0 Å². The lowest BCUT2D eigenvalue weighted by Gasteiger charge is -2.44. The van der Waals surface area contributed by atoms with Gasteiger partial charge in [0.2, 0.25) is 5.72 Å². The SMILES string of the molecule is Cc1ccc(C2=CCC(C=O)(N3CCNCC3COc3cccnc3)O2)cc1. The molecular formula is C22H25N3O3. The standard InChI is InChI=1S/C22H25N3O3/c1-17-4-6-18(7-5-17)21-8-9-22(16-26,28-21)25-12-11-24-13-19(25)15-27-20-3-2-10-23-14-20/h2-8,10,14,16,19,24H,9,11-13,15H2,1H3. The smallest absolute Gasteiger partial charge is 0.223 e. The minimum atomic E-state index is -0.981. The molecule has 6 nitrogen and oxygen atoms in total. The normalized spacial score (nSPS) is 25.0. The molecule has 1 saturated heterocycles. The average molecular weight is 379 g/mol. The Bertz CT molecular complexity index is 838. The van der Waals surface area contributed by atoms with Crippen molar-refractivity contribution in [2.24, 2.45) is 0 Å². The second-order valence-corrected chi connectivity index (χ2v) is 7.25. The Labute approximate surface area is 165 Å². The predicted octanol–water partition coefficient (Wildman–Crippen LogP) is 2.40. The predicted molar refractivity (Wildman–Crippen MR) is 107 cm³/mol. The number of piperazine rings is 1. The summed E-state index contributed by atoms with van der Waals surface area (Å²) in [6, 6.07) is 11.9. The second kappa shape index (κ2) is 8.12. The Morgan fingerprint density at radius 2 is 2.21 bits per heavy atom. The number of hydrogen-bond donors (Lipinski definition) is 1. The van der Waals surface area contributed by atoms with Crippen LogP contribution >= 0.6 is 0 Å². The number of rotatable bonds is 6. The van der Waals surface area contributed by atoms with E-state index in [0.29, 0.717) is 13.0 Å². The Kier molecular flexibility index (Phi) is 5.41. The fourth-order valence-corrected chi connectivity index (χ4v) is 3.76. The van der Waals surface area contributed by atoms with E-state index in [2.05, 4.69) is 34.3 Å². The molecule has 0 aliphatic carbocycles. The number of carbonyl (C=O) groups excluding carboxylic acids is 1. The van der Waals surface area contributed by atoms with Crippen LogP contribution in [0.3, 0.4) is 0 Å². The van der Waals surface area contributed by atoms with E-state index >= 15 is 0 Å². The number of carbonyl (C=O) groups is 1. The molecule has 2 atom stereocenters. The van der Waals surface area contributed by atoms with Gasteiger partial charge in [-0.3, -0.25) is 14.7 Å². The molecule has 2 unspecified atom stereocenters. The molecule has 2 aromatic rings. The molecule has 1 N–H and O–H groups in total. The minimum absolute atomic E-state index is 0.0184. The first-order valence-corrected chi connectivity index (χ1v) is 9.63. The summed E-state index contributed by atoms with van der Waals surface area (Å²) in [5.74, 6) is 1.48. The zero-order chi connectivity index (χ0) is 19.4. The highest BCUT2D eigenvalue weighted by Crippen LogP contribution is 2.37. The van der Waals surface area contributed by atoms with E-state index in [-0.39, 0.29) is 6.04 Å². The maximum Gasteiger partial charge on any atom is 0.223 e. The van der Waals surface area contributed by atoms with Crippen molar-refractivity contribution in [3.63, 3.8) is 0 Å². The number of nitrogens with one attached hydrogen (secondary N) is 1. The summed E-state index contributed by atoms with van der Waals surface area (Å²) in [5.41, 5.74) is 1.21. The van der Waals surface area contributed by atoms with E-state index < -0.39 is 5.72 Å². The minimum Gasteiger partial charge on any atom is -0.490 e. The molecule has 0 amide bonds. The van der Waals surface area contributed by atoms with Crippen LogP contribution < -0.4 is 10.1 Å². The number of ether oxygens (including phenoxy) is 2. The van der Waals surface area contributed by atoms with E-state index in [1.54, 1.807) is 12.4 Å². The van der Waals surface area contributed by atoms with E-state index in [4.69, 9.17) is 9.47 Å². The van der Waals surface area contributed by atoms with Gasteiger partial charge in [0.15, 0.2) is 6.29 Å². The zero-order valence-corrected chi connectivity index (χ0v) is 16.0. The monoisotopic (exact) mass is 379 g/mol. The van der Waals surface area contributed by atoms with Crippen molar-refractivity contribution in [3.05, 3.63) is 66.0 Å². The van der Waals surface area contributed by atoms with Gasteiger partial charge in [0, 0.05) is 37.8 Å². The Morgan fingerprint density at radius 3 is 2.96 bits per heavy atom. The lowest BCUT2D eigenvalue weighted by molar-refractivity contribution is -0.152. The molecule has 146 valence electrons. The van der Waals surface area contributed by atoms with Gasteiger partial charge in [-0.1, -0.05) is 29.8 Å². The first kappa shape index (κ1) is 18.7. The third kappa shape index (κ3) is 3.79. The summed E-state index contributed by atoms with van der Waals surface area (Å²) in [6.07, 6.45) is 6.89. The maximum absolute atomic E-state index is 12.2. The molecule has 0 radical (unpaired) electrons. The highest BCUT2D eigenvalue weighted by Gasteiger charge is 2.46. The number of benzene rings is 1. The van der Waals surface area contributed by atoms with Crippen LogP contribution in [0.4, 0.5) is 0 Å². The van der Waals surface area contributed by atoms with Crippen molar-refractivity contribution in [2.45, 2.75) is 25.1 Å². The number of aromatic nitrogens is 1. The number of aldehydes is 1. The van der Waals surface area contributed by atoms with Crippen molar-refractivity contribution >= 4 is 12.0 Å². The fourth-order valence-electron chi connectivity index (χ4n) is 3.76. The lowest BCUT2D eigenvalue weighted by atomic mass is 10.0. The van der Waals surface area contributed by atoms with E-state index in [9.17, 15) is 4.79 Å². The maximum atomic E-state index is 12.2. The molecule has 0 bridgehead atoms. The molecule has 1 fully saturated rings. The quantitative estimate of drug-likeness (QED) is 0.778. The summed E-state index contributed by atoms with van der Waals surface area (Å²) >= 11 is 0. The summed E-state index contributed by atoms with van der Waals surface area (Å²) < 4.78 is 12.2. The lowest BCUT2D eigenvalue weighted by Crippen LogP contribution is -2.63. The summed E-state index contributed by atoms with van der Waals surface area (Å²) in [6.45, 7) is 4.77. The van der Waals surface area contributed by atoms with Crippen LogP contribution in [0, 0.1) is 6.92 Å². The third-order valence-corrected chi connectivity index (χ3v) is 5.30. The molecule has 4 rings (SSSR count). The first-order chi connectivity index (χ1) is 13.7. The first-order valence-electron chi connectivity index (χ1n) is 9.63. The molecule has 2 aliphatic rings. The number of aryl methyl sites for hydroxylation is 1. The average Bonchev–Trinajstić information content (AvgIpc) is 3.19. The van der Waals surface area contributed by atoms with Crippen LogP contribution in [-0.2, 0) is 9.53 Å². The largest absolute Gasteiger partial charge is 0.490 e. The van der Waals surface area contributed by atoms with Crippen molar-refractivity contribution in [1.29, 1.82) is 0 Å². The Morgan fingerprint density at radius 1 is 1.36 bits per heavy atom. The van der Waals surface area contributed by atoms with Gasteiger partial charge in [-0.05, 0) is 25.1 Å². The number of hydrogen-bond acceptors (Lipinski definition) is 6. The van der Waals surface area contributed by atoms with Gasteiger partial charge in [-0.2, -0.15) is 0 Å². The summed E-state index contributed by atoms with van der Waals surface area (Å²) in [5, 5.41) is 3.39. The fraction of sp³-hybridized carbons (Fsp3) is 0.364. The summed E-state index contributed by atoms with van der Waals surface area (Å²) in [7, 11) is 0. The molecule has 0 saturated carbocycles. The van der Waals surface area contributed by atoms with Crippen LogP contribution in [0.5, 0.6) is 5.75 Å². The van der Waals surface area contributed by atoms with Gasteiger partial charge < -0.3 is 14.8 Å². The Hall–Kier alpha value is -2.70. The van der Waals surface area contributed by atoms with Crippen molar-refractivity contribution < 1.29 is 14.3 Å². The third-order valence-electron chi connectivity index (χ3n) is 5.30. The van der Waals surface area contributed by atoms with Crippen molar-refractivity contribution in [3.8, 4) is 5.75 Å². The van der Waals surface area contributed by atoms with Crippen molar-refractivity contribution in [2.75, 3.05) is 26.2 Å². The molecule has 28 heavy (non-hydrogen) atoms. The molecule has 2 aliphatic heterocycles. The van der Waals surface area contributed by atoms with Crippen LogP contribution in [0.25, 0.3) is 5.76 Å². The number of pyridine rings is 1. The van der Waals surface area contributed by atoms with Gasteiger partial charge in [-0.25, -0.2) is 0 Å². The van der Waals surface area contributed by atoms with Gasteiger partial charge in [0.25, 0.3) is 0 Å². The van der Waals surface area contributed by atoms with Crippen molar-refractivity contribution in [1.82, 2.24) is 15.2 Å².